The highest BCUT2D eigenvalue weighted by Gasteiger charge is 2.37. The van der Waals surface area contributed by atoms with Crippen LogP contribution in [0.3, 0.4) is 0 Å². The van der Waals surface area contributed by atoms with E-state index in [0.717, 1.165) is 0 Å². The minimum atomic E-state index is -3.83. The van der Waals surface area contributed by atoms with Crippen LogP contribution in [0.25, 0.3) is 0 Å². The normalized spacial score (nSPS) is 22.9. The van der Waals surface area contributed by atoms with Crippen LogP contribution in [0.5, 0.6) is 0 Å². The van der Waals surface area contributed by atoms with Crippen molar-refractivity contribution in [3.05, 3.63) is 27.7 Å². The second-order valence-electron chi connectivity index (χ2n) is 4.29. The quantitative estimate of drug-likeness (QED) is 0.820. The molecule has 0 radical (unpaired) electrons. The van der Waals surface area contributed by atoms with Crippen molar-refractivity contribution in [1.82, 2.24) is 4.72 Å². The molecular formula is C11H11BrClNO5S. The second-order valence-corrected chi connectivity index (χ2v) is 7.26. The van der Waals surface area contributed by atoms with Gasteiger partial charge in [-0.2, -0.15) is 0 Å². The molecule has 1 aliphatic heterocycles. The minimum Gasteiger partial charge on any atom is -0.481 e. The Morgan fingerprint density at radius 2 is 2.15 bits per heavy atom. The van der Waals surface area contributed by atoms with E-state index in [0.29, 0.717) is 9.50 Å². The van der Waals surface area contributed by atoms with Crippen molar-refractivity contribution in [2.24, 2.45) is 5.92 Å². The second kappa shape index (κ2) is 5.98. The van der Waals surface area contributed by atoms with Crippen LogP contribution < -0.4 is 4.72 Å². The van der Waals surface area contributed by atoms with E-state index in [9.17, 15) is 13.2 Å². The number of hydrogen-bond acceptors (Lipinski definition) is 4. The van der Waals surface area contributed by atoms with Crippen LogP contribution in [0.1, 0.15) is 0 Å². The fourth-order valence-electron chi connectivity index (χ4n) is 1.83. The average molecular weight is 385 g/mol. The number of carboxylic acids is 1. The number of halogens is 2. The highest BCUT2D eigenvalue weighted by Crippen LogP contribution is 2.26. The van der Waals surface area contributed by atoms with Crippen molar-refractivity contribution in [2.45, 2.75) is 10.9 Å². The average Bonchev–Trinajstić information content (AvgIpc) is 2.80. The van der Waals surface area contributed by atoms with Gasteiger partial charge >= 0.3 is 5.97 Å². The van der Waals surface area contributed by atoms with Crippen LogP contribution >= 0.6 is 27.5 Å². The summed E-state index contributed by atoms with van der Waals surface area (Å²) in [6.07, 6.45) is 0. The Hall–Kier alpha value is -0.670. The zero-order valence-corrected chi connectivity index (χ0v) is 13.2. The number of sulfonamides is 1. The Balaban J connectivity index is 2.22. The number of ether oxygens (including phenoxy) is 1. The minimum absolute atomic E-state index is 0.00446. The molecule has 6 nitrogen and oxygen atoms in total. The molecular weight excluding hydrogens is 374 g/mol. The number of aliphatic carboxylic acids is 1. The van der Waals surface area contributed by atoms with Crippen molar-refractivity contribution >= 4 is 43.5 Å². The summed E-state index contributed by atoms with van der Waals surface area (Å²) >= 11 is 8.95. The lowest BCUT2D eigenvalue weighted by Gasteiger charge is -2.16. The number of carboxylic acid groups (broad SMARTS) is 1. The molecule has 1 aromatic rings. The maximum atomic E-state index is 12.2. The largest absolute Gasteiger partial charge is 0.481 e. The number of benzene rings is 1. The summed E-state index contributed by atoms with van der Waals surface area (Å²) in [5.74, 6) is -1.98. The zero-order chi connectivity index (χ0) is 14.9. The molecule has 1 aromatic carbocycles. The van der Waals surface area contributed by atoms with Crippen molar-refractivity contribution in [3.8, 4) is 0 Å². The molecule has 0 amide bonds. The SMILES string of the molecule is O=C(O)C1COCC1NS(=O)(=O)c1ccc(Cl)c(Br)c1. The Kier molecular flexibility index (Phi) is 4.70. The van der Waals surface area contributed by atoms with E-state index in [4.69, 9.17) is 21.4 Å². The van der Waals surface area contributed by atoms with E-state index in [1.54, 1.807) is 0 Å². The first-order valence-electron chi connectivity index (χ1n) is 5.59. The van der Waals surface area contributed by atoms with Crippen LogP contribution in [-0.4, -0.2) is 38.7 Å². The molecule has 2 N–H and O–H groups in total. The maximum absolute atomic E-state index is 12.2. The molecule has 0 aliphatic carbocycles. The molecule has 20 heavy (non-hydrogen) atoms. The fourth-order valence-corrected chi connectivity index (χ4v) is 3.76. The highest BCUT2D eigenvalue weighted by atomic mass is 79.9. The first-order valence-corrected chi connectivity index (χ1v) is 8.24. The van der Waals surface area contributed by atoms with Gasteiger partial charge < -0.3 is 9.84 Å². The van der Waals surface area contributed by atoms with Gasteiger partial charge in [0.1, 0.15) is 0 Å². The molecule has 1 heterocycles. The van der Waals surface area contributed by atoms with Gasteiger partial charge in [-0.1, -0.05) is 11.6 Å². The Morgan fingerprint density at radius 1 is 1.45 bits per heavy atom. The third kappa shape index (κ3) is 3.32. The van der Waals surface area contributed by atoms with Gasteiger partial charge in [-0.05, 0) is 34.1 Å². The fraction of sp³-hybridized carbons (Fsp3) is 0.364. The predicted octanol–water partition coefficient (Wildman–Crippen LogP) is 1.48. The summed E-state index contributed by atoms with van der Waals surface area (Å²) in [6.45, 7) is 0.0256. The van der Waals surface area contributed by atoms with Gasteiger partial charge in [-0.3, -0.25) is 4.79 Å². The van der Waals surface area contributed by atoms with Gasteiger partial charge in [0.25, 0.3) is 0 Å². The van der Waals surface area contributed by atoms with Crippen molar-refractivity contribution in [2.75, 3.05) is 13.2 Å². The molecule has 110 valence electrons. The Bertz CT molecular complexity index is 636. The summed E-state index contributed by atoms with van der Waals surface area (Å²) in [5, 5.41) is 9.38. The van der Waals surface area contributed by atoms with E-state index in [1.165, 1.54) is 18.2 Å². The summed E-state index contributed by atoms with van der Waals surface area (Å²) in [5.41, 5.74) is 0. The van der Waals surface area contributed by atoms with Gasteiger partial charge in [0, 0.05) is 4.47 Å². The first kappa shape index (κ1) is 15.7. The first-order chi connectivity index (χ1) is 9.31. The van der Waals surface area contributed by atoms with Crippen LogP contribution in [-0.2, 0) is 19.6 Å². The van der Waals surface area contributed by atoms with E-state index in [2.05, 4.69) is 20.7 Å². The standard InChI is InChI=1S/C11H11BrClNO5S/c12-8-3-6(1-2-9(8)13)20(17,18)14-10-5-19-4-7(10)11(15)16/h1-3,7,10,14H,4-5H2,(H,15,16). The van der Waals surface area contributed by atoms with Crippen molar-refractivity contribution in [3.63, 3.8) is 0 Å². The lowest BCUT2D eigenvalue weighted by molar-refractivity contribution is -0.142. The van der Waals surface area contributed by atoms with Crippen LogP contribution in [0.15, 0.2) is 27.6 Å². The van der Waals surface area contributed by atoms with E-state index in [1.807, 2.05) is 0 Å². The number of rotatable bonds is 4. The van der Waals surface area contributed by atoms with Crippen LogP contribution in [0.2, 0.25) is 5.02 Å². The van der Waals surface area contributed by atoms with Gasteiger partial charge in [-0.25, -0.2) is 13.1 Å². The monoisotopic (exact) mass is 383 g/mol. The third-order valence-corrected chi connectivity index (χ3v) is 5.61. The molecule has 2 unspecified atom stereocenters. The van der Waals surface area contributed by atoms with E-state index >= 15 is 0 Å². The van der Waals surface area contributed by atoms with Gasteiger partial charge in [-0.15, -0.1) is 0 Å². The van der Waals surface area contributed by atoms with Crippen molar-refractivity contribution < 1.29 is 23.1 Å². The Labute approximate surface area is 129 Å². The smallest absolute Gasteiger partial charge is 0.310 e. The van der Waals surface area contributed by atoms with E-state index in [-0.39, 0.29) is 18.1 Å². The summed E-state index contributed by atoms with van der Waals surface area (Å²) < 4.78 is 32.2. The Morgan fingerprint density at radius 3 is 2.75 bits per heavy atom. The molecule has 0 spiro atoms. The molecule has 1 fully saturated rings. The summed E-state index contributed by atoms with van der Waals surface area (Å²) in [7, 11) is -3.83. The molecule has 0 aromatic heterocycles. The predicted molar refractivity (Wildman–Crippen MR) is 75.2 cm³/mol. The van der Waals surface area contributed by atoms with Gasteiger partial charge in [0.15, 0.2) is 0 Å². The summed E-state index contributed by atoms with van der Waals surface area (Å²) in [6, 6.07) is 3.36. The lowest BCUT2D eigenvalue weighted by Crippen LogP contribution is -2.42. The van der Waals surface area contributed by atoms with Crippen LogP contribution in [0.4, 0.5) is 0 Å². The van der Waals surface area contributed by atoms with Crippen molar-refractivity contribution in [1.29, 1.82) is 0 Å². The van der Waals surface area contributed by atoms with Gasteiger partial charge in [0.2, 0.25) is 10.0 Å². The van der Waals surface area contributed by atoms with Crippen LogP contribution in [0, 0.1) is 5.92 Å². The molecule has 0 saturated carbocycles. The number of nitrogens with one attached hydrogen (secondary N) is 1. The highest BCUT2D eigenvalue weighted by molar-refractivity contribution is 9.10. The summed E-state index contributed by atoms with van der Waals surface area (Å²) in [4.78, 5) is 11.0. The molecule has 2 rings (SSSR count). The van der Waals surface area contributed by atoms with E-state index < -0.39 is 28.0 Å². The lowest BCUT2D eigenvalue weighted by atomic mass is 10.1. The third-order valence-electron chi connectivity index (χ3n) is 2.91. The maximum Gasteiger partial charge on any atom is 0.310 e. The topological polar surface area (TPSA) is 92.7 Å². The van der Waals surface area contributed by atoms with Gasteiger partial charge in [0.05, 0.1) is 35.1 Å². The molecule has 0 bridgehead atoms. The zero-order valence-electron chi connectivity index (χ0n) is 10.0. The molecule has 2 atom stereocenters. The number of hydrogen-bond donors (Lipinski definition) is 2. The molecule has 1 aliphatic rings. The number of carbonyl (C=O) groups is 1. The molecule has 1 saturated heterocycles. The molecule has 9 heteroatoms.